The Morgan fingerprint density at radius 1 is 1.42 bits per heavy atom. The number of aromatic nitrogens is 5. The Balaban J connectivity index is 2.26. The molecule has 128 valence electrons. The molecule has 0 unspecified atom stereocenters. The molecule has 3 rings (SSSR count). The van der Waals surface area contributed by atoms with Crippen LogP contribution < -0.4 is 5.32 Å². The second-order valence-corrected chi connectivity index (χ2v) is 4.94. The molecule has 0 aromatic carbocycles. The molecule has 2 aromatic heterocycles. The van der Waals surface area contributed by atoms with Gasteiger partial charge in [0.2, 0.25) is 5.95 Å². The van der Waals surface area contributed by atoms with Gasteiger partial charge in [-0.3, -0.25) is 4.68 Å². The van der Waals surface area contributed by atoms with Crippen molar-refractivity contribution in [1.29, 1.82) is 0 Å². The van der Waals surface area contributed by atoms with E-state index in [1.165, 1.54) is 28.6 Å². The minimum absolute atomic E-state index is 0.0597. The first-order chi connectivity index (χ1) is 11.3. The number of fused-ring (bicyclic) bond motifs is 1. The lowest BCUT2D eigenvalue weighted by Crippen LogP contribution is -2.36. The lowest BCUT2D eigenvalue weighted by Gasteiger charge is -2.29. The number of anilines is 1. The molecule has 8 nitrogen and oxygen atoms in total. The third kappa shape index (κ3) is 2.51. The fourth-order valence-corrected chi connectivity index (χ4v) is 2.54. The molecular weight excluding hydrogens is 329 g/mol. The van der Waals surface area contributed by atoms with Crippen molar-refractivity contribution in [2.45, 2.75) is 19.1 Å². The summed E-state index contributed by atoms with van der Waals surface area (Å²) in [4.78, 5) is 16.1. The van der Waals surface area contributed by atoms with Crippen LogP contribution in [0.3, 0.4) is 0 Å². The molecule has 0 aliphatic carbocycles. The van der Waals surface area contributed by atoms with Crippen LogP contribution in [0.25, 0.3) is 0 Å². The zero-order valence-electron chi connectivity index (χ0n) is 12.7. The molecule has 24 heavy (non-hydrogen) atoms. The van der Waals surface area contributed by atoms with Crippen LogP contribution in [-0.2, 0) is 16.6 Å². The average molecular weight is 342 g/mol. The third-order valence-corrected chi connectivity index (χ3v) is 3.52. The van der Waals surface area contributed by atoms with Crippen LogP contribution in [0.15, 0.2) is 29.9 Å². The highest BCUT2D eigenvalue weighted by Gasteiger charge is 2.47. The molecule has 1 atom stereocenters. The number of esters is 1. The van der Waals surface area contributed by atoms with Gasteiger partial charge in [0.1, 0.15) is 18.1 Å². The number of allylic oxidation sites excluding steroid dienone is 1. The van der Waals surface area contributed by atoms with Gasteiger partial charge in [0.25, 0.3) is 0 Å². The van der Waals surface area contributed by atoms with Crippen LogP contribution in [0, 0.1) is 0 Å². The van der Waals surface area contributed by atoms with E-state index in [2.05, 4.69) is 20.5 Å². The highest BCUT2D eigenvalue weighted by atomic mass is 19.4. The zero-order chi connectivity index (χ0) is 17.5. The maximum atomic E-state index is 13.5. The number of ether oxygens (including phenoxy) is 1. The number of nitrogens with one attached hydrogen (secondary N) is 1. The van der Waals surface area contributed by atoms with Crippen molar-refractivity contribution >= 4 is 11.9 Å². The van der Waals surface area contributed by atoms with Gasteiger partial charge in [-0.1, -0.05) is 0 Å². The van der Waals surface area contributed by atoms with Crippen molar-refractivity contribution in [3.8, 4) is 0 Å². The second-order valence-electron chi connectivity index (χ2n) is 4.94. The van der Waals surface area contributed by atoms with E-state index >= 15 is 0 Å². The number of alkyl halides is 3. The number of aryl methyl sites for hydroxylation is 1. The molecule has 11 heteroatoms. The van der Waals surface area contributed by atoms with Gasteiger partial charge in [0.05, 0.1) is 17.9 Å². The molecule has 0 spiro atoms. The van der Waals surface area contributed by atoms with Crippen LogP contribution in [0.5, 0.6) is 0 Å². The van der Waals surface area contributed by atoms with Gasteiger partial charge in [0.15, 0.2) is 0 Å². The van der Waals surface area contributed by atoms with Gasteiger partial charge in [-0.25, -0.2) is 9.48 Å². The van der Waals surface area contributed by atoms with Gasteiger partial charge in [-0.15, -0.1) is 0 Å². The van der Waals surface area contributed by atoms with Crippen LogP contribution in [0.1, 0.15) is 18.7 Å². The largest absolute Gasteiger partial charge is 0.463 e. The molecule has 0 saturated carbocycles. The zero-order valence-corrected chi connectivity index (χ0v) is 12.7. The van der Waals surface area contributed by atoms with Crippen LogP contribution in [0.4, 0.5) is 19.1 Å². The highest BCUT2D eigenvalue weighted by Crippen LogP contribution is 2.40. The van der Waals surface area contributed by atoms with E-state index in [-0.39, 0.29) is 12.6 Å². The Hall–Kier alpha value is -2.85. The van der Waals surface area contributed by atoms with E-state index < -0.39 is 29.5 Å². The lowest BCUT2D eigenvalue weighted by molar-refractivity contribution is -0.140. The molecule has 1 N–H and O–H groups in total. The summed E-state index contributed by atoms with van der Waals surface area (Å²) in [6.07, 6.45) is -2.27. The molecule has 3 heterocycles. The predicted molar refractivity (Wildman–Crippen MR) is 74.7 cm³/mol. The normalized spacial score (nSPS) is 17.5. The van der Waals surface area contributed by atoms with Crippen LogP contribution in [-0.4, -0.2) is 43.3 Å². The number of nitrogens with zero attached hydrogens (tertiary/aromatic N) is 5. The standard InChI is InChI=1S/C13H13F3N6O2/c1-3-24-11(23)8-9(7-4-5-18-21(7)2)22-12(17-6-19-22)20-10(8)13(14,15)16/h4-6,9H,3H2,1-2H3,(H,17,19,20)/t9-/m1/s1. The van der Waals surface area contributed by atoms with Crippen LogP contribution >= 0.6 is 0 Å². The third-order valence-electron chi connectivity index (χ3n) is 3.52. The van der Waals surface area contributed by atoms with Crippen molar-refractivity contribution in [2.24, 2.45) is 7.05 Å². The summed E-state index contributed by atoms with van der Waals surface area (Å²) in [7, 11) is 1.56. The van der Waals surface area contributed by atoms with E-state index in [0.29, 0.717) is 5.69 Å². The minimum atomic E-state index is -4.80. The smallest absolute Gasteiger partial charge is 0.431 e. The Morgan fingerprint density at radius 3 is 2.75 bits per heavy atom. The summed E-state index contributed by atoms with van der Waals surface area (Å²) in [6.45, 7) is 1.46. The predicted octanol–water partition coefficient (Wildman–Crippen LogP) is 1.41. The summed E-state index contributed by atoms with van der Waals surface area (Å²) >= 11 is 0. The fourth-order valence-electron chi connectivity index (χ4n) is 2.54. The summed E-state index contributed by atoms with van der Waals surface area (Å²) in [5, 5.41) is 10.0. The van der Waals surface area contributed by atoms with Gasteiger partial charge in [0, 0.05) is 13.2 Å². The van der Waals surface area contributed by atoms with Crippen molar-refractivity contribution < 1.29 is 22.7 Å². The minimum Gasteiger partial charge on any atom is -0.463 e. The lowest BCUT2D eigenvalue weighted by atomic mass is 9.99. The molecule has 0 fully saturated rings. The number of rotatable bonds is 3. The first-order valence-electron chi connectivity index (χ1n) is 6.97. The molecule has 0 bridgehead atoms. The first-order valence-corrected chi connectivity index (χ1v) is 6.97. The van der Waals surface area contributed by atoms with Crippen molar-refractivity contribution in [3.63, 3.8) is 0 Å². The Bertz CT molecular complexity index is 807. The molecular formula is C13H13F3N6O2. The molecule has 1 aliphatic rings. The number of hydrogen-bond acceptors (Lipinski definition) is 6. The van der Waals surface area contributed by atoms with Gasteiger partial charge in [-0.05, 0) is 13.0 Å². The second kappa shape index (κ2) is 5.65. The Labute approximate surface area is 133 Å². The Morgan fingerprint density at radius 2 is 2.17 bits per heavy atom. The van der Waals surface area contributed by atoms with Crippen molar-refractivity contribution in [1.82, 2.24) is 24.5 Å². The van der Waals surface area contributed by atoms with E-state index in [9.17, 15) is 18.0 Å². The molecule has 2 aromatic rings. The number of halogens is 3. The van der Waals surface area contributed by atoms with Gasteiger partial charge < -0.3 is 10.1 Å². The SMILES string of the molecule is CCOC(=O)C1=C(C(F)(F)F)Nc2ncnn2[C@@H]1c1ccnn1C. The maximum absolute atomic E-state index is 13.5. The average Bonchev–Trinajstić information content (AvgIpc) is 3.13. The van der Waals surface area contributed by atoms with E-state index in [4.69, 9.17) is 4.74 Å². The van der Waals surface area contributed by atoms with E-state index in [1.807, 2.05) is 0 Å². The van der Waals surface area contributed by atoms with E-state index in [0.717, 1.165) is 6.33 Å². The molecule has 0 saturated heterocycles. The topological polar surface area (TPSA) is 86.9 Å². The summed E-state index contributed by atoms with van der Waals surface area (Å²) < 4.78 is 47.9. The van der Waals surface area contributed by atoms with Gasteiger partial charge in [-0.2, -0.15) is 28.4 Å². The monoisotopic (exact) mass is 342 g/mol. The van der Waals surface area contributed by atoms with Crippen LogP contribution in [0.2, 0.25) is 0 Å². The fraction of sp³-hybridized carbons (Fsp3) is 0.385. The van der Waals surface area contributed by atoms with E-state index in [1.54, 1.807) is 7.05 Å². The number of hydrogen-bond donors (Lipinski definition) is 1. The molecule has 0 radical (unpaired) electrons. The molecule has 1 aliphatic heterocycles. The van der Waals surface area contributed by atoms with Crippen molar-refractivity contribution in [2.75, 3.05) is 11.9 Å². The first kappa shape index (κ1) is 16.0. The number of carbonyl (C=O) groups excluding carboxylic acids is 1. The summed E-state index contributed by atoms with van der Waals surface area (Å²) in [5.41, 5.74) is -1.47. The maximum Gasteiger partial charge on any atom is 0.431 e. The Kier molecular flexibility index (Phi) is 3.78. The highest BCUT2D eigenvalue weighted by molar-refractivity contribution is 5.92. The van der Waals surface area contributed by atoms with Crippen molar-refractivity contribution in [3.05, 3.63) is 35.6 Å². The van der Waals surface area contributed by atoms with Gasteiger partial charge >= 0.3 is 12.1 Å². The summed E-state index contributed by atoms with van der Waals surface area (Å²) in [5.74, 6) is -1.20. The molecule has 0 amide bonds. The quantitative estimate of drug-likeness (QED) is 0.849. The number of carbonyl (C=O) groups is 1. The summed E-state index contributed by atoms with van der Waals surface area (Å²) in [6, 6.07) is 0.348.